The van der Waals surface area contributed by atoms with Crippen LogP contribution in [0.2, 0.25) is 0 Å². The molecule has 2 aromatic heterocycles. The summed E-state index contributed by atoms with van der Waals surface area (Å²) in [6.45, 7) is 6.41. The van der Waals surface area contributed by atoms with Gasteiger partial charge in [-0.05, 0) is 43.0 Å². The topological polar surface area (TPSA) is 113 Å². The number of ether oxygens (including phenoxy) is 2. The Labute approximate surface area is 301 Å². The normalized spacial score (nSPS) is 19.8. The second-order valence-corrected chi connectivity index (χ2v) is 14.2. The number of aromatic nitrogens is 3. The number of pyridine rings is 1. The van der Waals surface area contributed by atoms with Crippen LogP contribution >= 0.6 is 0 Å². The second kappa shape index (κ2) is 13.5. The maximum Gasteiger partial charge on any atom is 0.237 e. The number of piperazine rings is 1. The van der Waals surface area contributed by atoms with E-state index in [-0.39, 0.29) is 57.2 Å². The number of fused-ring (bicyclic) bond motifs is 1. The summed E-state index contributed by atoms with van der Waals surface area (Å²) in [5.41, 5.74) is 3.80. The zero-order chi connectivity index (χ0) is 36.1. The van der Waals surface area contributed by atoms with Crippen molar-refractivity contribution in [3.8, 4) is 45.4 Å². The summed E-state index contributed by atoms with van der Waals surface area (Å²) >= 11 is 0. The second-order valence-electron chi connectivity index (χ2n) is 14.2. The van der Waals surface area contributed by atoms with Crippen LogP contribution in [0.25, 0.3) is 33.6 Å². The quantitative estimate of drug-likeness (QED) is 0.276. The molecule has 2 amide bonds. The molecule has 1 N–H and O–H groups in total. The molecule has 13 heteroatoms. The van der Waals surface area contributed by atoms with Crippen molar-refractivity contribution in [2.75, 3.05) is 53.5 Å². The molecule has 0 saturated carbocycles. The molecule has 11 nitrogen and oxygen atoms in total. The minimum Gasteiger partial charge on any atom is -0.481 e. The molecule has 4 aromatic rings. The number of nitrogens with one attached hydrogen (secondary N) is 1. The van der Waals surface area contributed by atoms with Crippen LogP contribution in [0.15, 0.2) is 48.7 Å². The minimum atomic E-state index is -0.628. The van der Waals surface area contributed by atoms with Crippen LogP contribution in [0.5, 0.6) is 11.8 Å². The van der Waals surface area contributed by atoms with Crippen molar-refractivity contribution in [1.29, 1.82) is 0 Å². The maximum atomic E-state index is 16.5. The lowest BCUT2D eigenvalue weighted by Crippen LogP contribution is -2.66. The van der Waals surface area contributed by atoms with Crippen LogP contribution in [0.3, 0.4) is 0 Å². The average molecular weight is 710 g/mol. The molecule has 0 unspecified atom stereocenters. The number of nitrogens with zero attached hydrogens (tertiary/aromatic N) is 6. The Morgan fingerprint density at radius 2 is 1.54 bits per heavy atom. The summed E-state index contributed by atoms with van der Waals surface area (Å²) in [6.07, 6.45) is 4.55. The molecule has 3 fully saturated rings. The number of hydrogen-bond acceptors (Lipinski definition) is 9. The number of methoxy groups -OCH3 is 2. The number of carbonyl (C=O) groups excluding carboxylic acids is 2. The van der Waals surface area contributed by atoms with Gasteiger partial charge >= 0.3 is 0 Å². The van der Waals surface area contributed by atoms with Crippen LogP contribution in [0, 0.1) is 11.6 Å². The van der Waals surface area contributed by atoms with Gasteiger partial charge in [-0.3, -0.25) is 24.4 Å². The van der Waals surface area contributed by atoms with Gasteiger partial charge in [-0.1, -0.05) is 24.3 Å². The molecule has 3 aliphatic heterocycles. The number of rotatable bonds is 8. The summed E-state index contributed by atoms with van der Waals surface area (Å²) in [5.74, 6) is -0.307. The highest BCUT2D eigenvalue weighted by molar-refractivity contribution is 5.80. The average Bonchev–Trinajstić information content (AvgIpc) is 3.75. The van der Waals surface area contributed by atoms with Crippen LogP contribution in [-0.2, 0) is 22.6 Å². The lowest BCUT2D eigenvalue weighted by atomic mass is 9.88. The van der Waals surface area contributed by atoms with E-state index in [1.807, 2.05) is 11.0 Å². The number of aryl methyl sites for hydroxylation is 1. The summed E-state index contributed by atoms with van der Waals surface area (Å²) in [6, 6.07) is 11.8. The van der Waals surface area contributed by atoms with E-state index in [1.54, 1.807) is 50.4 Å². The monoisotopic (exact) mass is 709 g/mol. The molecule has 0 bridgehead atoms. The first kappa shape index (κ1) is 34.1. The number of likely N-dealkylation sites (tertiary alicyclic amines) is 1. The van der Waals surface area contributed by atoms with Crippen molar-refractivity contribution in [2.24, 2.45) is 0 Å². The molecule has 4 aliphatic rings. The van der Waals surface area contributed by atoms with Crippen molar-refractivity contribution in [2.45, 2.75) is 50.7 Å². The van der Waals surface area contributed by atoms with E-state index in [0.717, 1.165) is 56.6 Å². The van der Waals surface area contributed by atoms with Gasteiger partial charge in [-0.2, -0.15) is 0 Å². The van der Waals surface area contributed by atoms with E-state index in [9.17, 15) is 9.59 Å². The summed E-state index contributed by atoms with van der Waals surface area (Å²) < 4.78 is 44.3. The molecule has 1 spiro atoms. The van der Waals surface area contributed by atoms with E-state index in [0.29, 0.717) is 43.3 Å². The lowest BCUT2D eigenvalue weighted by Gasteiger charge is -2.47. The van der Waals surface area contributed by atoms with Crippen LogP contribution in [0.1, 0.15) is 49.0 Å². The van der Waals surface area contributed by atoms with E-state index >= 15 is 8.78 Å². The molecule has 0 radical (unpaired) electrons. The van der Waals surface area contributed by atoms with Crippen LogP contribution in [-0.4, -0.2) is 100 Å². The molecular weight excluding hydrogens is 668 g/mol. The number of benzene rings is 2. The minimum absolute atomic E-state index is 0.0865. The molecule has 52 heavy (non-hydrogen) atoms. The van der Waals surface area contributed by atoms with Crippen molar-refractivity contribution in [3.05, 3.63) is 77.1 Å². The van der Waals surface area contributed by atoms with Crippen molar-refractivity contribution in [3.63, 3.8) is 0 Å². The third kappa shape index (κ3) is 6.05. The van der Waals surface area contributed by atoms with Gasteiger partial charge in [0.1, 0.15) is 17.3 Å². The van der Waals surface area contributed by atoms with Gasteiger partial charge in [-0.15, -0.1) is 0 Å². The van der Waals surface area contributed by atoms with Gasteiger partial charge in [0, 0.05) is 93.0 Å². The van der Waals surface area contributed by atoms with E-state index in [2.05, 4.69) is 25.1 Å². The highest BCUT2D eigenvalue weighted by atomic mass is 19.1. The van der Waals surface area contributed by atoms with Crippen molar-refractivity contribution < 1.29 is 27.8 Å². The molecule has 270 valence electrons. The van der Waals surface area contributed by atoms with E-state index in [4.69, 9.17) is 14.5 Å². The predicted molar refractivity (Wildman–Crippen MR) is 189 cm³/mol. The standard InChI is InChI=1S/C39H41F2N7O4/c1-23(49)47-14-16-48(17-15-47)32-11-10-24-18-29(43-38(52-3)34(24)32)27-8-4-6-25(35(27)40)26-7-5-9-28(36(26)41)30-19-42-31(37(44-30)51-2)20-46-21-39(22-46)13-12-33(50)45-39/h4-9,18-19,32H,10-17,20-22H2,1-3H3,(H,45,50)/t32-/m0/s1. The first-order valence-electron chi connectivity index (χ1n) is 17.8. The highest BCUT2D eigenvalue weighted by Gasteiger charge is 2.47. The Morgan fingerprint density at radius 3 is 2.15 bits per heavy atom. The molecule has 5 heterocycles. The summed E-state index contributed by atoms with van der Waals surface area (Å²) in [4.78, 5) is 44.0. The Balaban J connectivity index is 1.05. The highest BCUT2D eigenvalue weighted by Crippen LogP contribution is 2.44. The molecule has 1 atom stereocenters. The smallest absolute Gasteiger partial charge is 0.237 e. The lowest BCUT2D eigenvalue weighted by molar-refractivity contribution is -0.131. The maximum absolute atomic E-state index is 16.5. The van der Waals surface area contributed by atoms with E-state index < -0.39 is 11.6 Å². The third-order valence-electron chi connectivity index (χ3n) is 11.0. The largest absolute Gasteiger partial charge is 0.481 e. The third-order valence-corrected chi connectivity index (χ3v) is 11.0. The Bertz CT molecular complexity index is 2060. The van der Waals surface area contributed by atoms with Crippen molar-refractivity contribution in [1.82, 2.24) is 35.0 Å². The van der Waals surface area contributed by atoms with Gasteiger partial charge in [-0.25, -0.2) is 18.7 Å². The van der Waals surface area contributed by atoms with Gasteiger partial charge in [0.15, 0.2) is 0 Å². The summed E-state index contributed by atoms with van der Waals surface area (Å²) in [5, 5.41) is 3.08. The van der Waals surface area contributed by atoms with E-state index in [1.165, 1.54) is 13.3 Å². The van der Waals surface area contributed by atoms with Crippen LogP contribution in [0.4, 0.5) is 8.78 Å². The first-order valence-corrected chi connectivity index (χ1v) is 17.8. The molecule has 3 saturated heterocycles. The molecule has 2 aromatic carbocycles. The van der Waals surface area contributed by atoms with Crippen LogP contribution < -0.4 is 14.8 Å². The summed E-state index contributed by atoms with van der Waals surface area (Å²) in [7, 11) is 3.07. The zero-order valence-corrected chi connectivity index (χ0v) is 29.5. The van der Waals surface area contributed by atoms with Crippen molar-refractivity contribution >= 4 is 11.8 Å². The first-order chi connectivity index (χ1) is 25.2. The molecule has 1 aliphatic carbocycles. The van der Waals surface area contributed by atoms with Gasteiger partial charge in [0.2, 0.25) is 23.6 Å². The fourth-order valence-corrected chi connectivity index (χ4v) is 8.41. The number of carbonyl (C=O) groups is 2. The molecule has 8 rings (SSSR count). The molecular formula is C39H41F2N7O4. The Kier molecular flexibility index (Phi) is 8.86. The van der Waals surface area contributed by atoms with Gasteiger partial charge < -0.3 is 19.7 Å². The fraction of sp³-hybridized carbons (Fsp3) is 0.410. The Hall–Kier alpha value is -5.01. The SMILES string of the molecule is COc1nc(-c2cccc(-c3cccc(-c4cc5c(c(OC)n4)[C@@H](N4CCN(C(C)=O)CC4)CC5)c3F)c2F)cnc1CN1CC2(CCC(=O)N2)C1. The zero-order valence-electron chi connectivity index (χ0n) is 29.5. The number of amides is 2. The number of hydrogen-bond donors (Lipinski definition) is 1. The Morgan fingerprint density at radius 1 is 0.904 bits per heavy atom. The number of halogens is 2. The predicted octanol–water partition coefficient (Wildman–Crippen LogP) is 4.78. The van der Waals surface area contributed by atoms with Gasteiger partial charge in [0.25, 0.3) is 0 Å². The fourth-order valence-electron chi connectivity index (χ4n) is 8.41. The van der Waals surface area contributed by atoms with Gasteiger partial charge in [0.05, 0.1) is 37.3 Å².